The lowest BCUT2D eigenvalue weighted by molar-refractivity contribution is 0.340. The predicted molar refractivity (Wildman–Crippen MR) is 83.3 cm³/mol. The van der Waals surface area contributed by atoms with Gasteiger partial charge in [-0.3, -0.25) is 0 Å². The van der Waals surface area contributed by atoms with Crippen molar-refractivity contribution in [3.05, 3.63) is 29.8 Å². The molecule has 2 N–H and O–H groups in total. The van der Waals surface area contributed by atoms with Gasteiger partial charge in [-0.05, 0) is 24.3 Å². The van der Waals surface area contributed by atoms with Crippen molar-refractivity contribution in [1.29, 1.82) is 0 Å². The van der Waals surface area contributed by atoms with Gasteiger partial charge in [0.05, 0.1) is 14.2 Å². The van der Waals surface area contributed by atoms with Crippen LogP contribution in [0.4, 0.5) is 11.6 Å². The first-order valence-corrected chi connectivity index (χ1v) is 6.43. The zero-order valence-electron chi connectivity index (χ0n) is 11.9. The maximum Gasteiger partial charge on any atom is 0.324 e. The minimum atomic E-state index is 0.184. The van der Waals surface area contributed by atoms with Crippen molar-refractivity contribution < 1.29 is 9.47 Å². The number of thiocarbonyl (C=S) groups is 1. The summed E-state index contributed by atoms with van der Waals surface area (Å²) in [4.78, 5) is 14.5. The van der Waals surface area contributed by atoms with Crippen molar-refractivity contribution in [3.8, 4) is 12.0 Å². The smallest absolute Gasteiger partial charge is 0.324 e. The average molecular weight is 305 g/mol. The Hall–Kier alpha value is -2.48. The molecule has 0 spiro atoms. The lowest BCUT2D eigenvalue weighted by Crippen LogP contribution is -2.15. The summed E-state index contributed by atoms with van der Waals surface area (Å²) in [5, 5.41) is 0. The number of hydrogen-bond acceptors (Lipinski definition) is 7. The van der Waals surface area contributed by atoms with Crippen LogP contribution in [0.25, 0.3) is 0 Å². The number of hydrogen-bond donors (Lipinski definition) is 1. The number of anilines is 2. The van der Waals surface area contributed by atoms with Crippen LogP contribution in [0, 0.1) is 0 Å². The van der Waals surface area contributed by atoms with Crippen LogP contribution in [0.15, 0.2) is 24.3 Å². The Bertz CT molecular complexity index is 625. The maximum atomic E-state index is 5.58. The van der Waals surface area contributed by atoms with E-state index in [1.807, 2.05) is 31.3 Å². The molecule has 0 unspecified atom stereocenters. The zero-order valence-corrected chi connectivity index (χ0v) is 12.7. The van der Waals surface area contributed by atoms with E-state index in [4.69, 9.17) is 27.4 Å². The van der Waals surface area contributed by atoms with Crippen LogP contribution in [0.5, 0.6) is 12.0 Å². The molecule has 0 aliphatic carbocycles. The van der Waals surface area contributed by atoms with Gasteiger partial charge in [-0.25, -0.2) is 0 Å². The van der Waals surface area contributed by atoms with Crippen LogP contribution in [0.1, 0.15) is 5.56 Å². The van der Waals surface area contributed by atoms with E-state index < -0.39 is 0 Å². The van der Waals surface area contributed by atoms with E-state index >= 15 is 0 Å². The third-order valence-electron chi connectivity index (χ3n) is 2.79. The van der Waals surface area contributed by atoms with Gasteiger partial charge >= 0.3 is 12.0 Å². The van der Waals surface area contributed by atoms with Gasteiger partial charge in [0.25, 0.3) is 0 Å². The molecule has 0 atom stereocenters. The number of aromatic nitrogens is 3. The molecule has 2 rings (SSSR count). The molecule has 1 aromatic heterocycles. The molecule has 0 fully saturated rings. The van der Waals surface area contributed by atoms with Gasteiger partial charge < -0.3 is 20.1 Å². The van der Waals surface area contributed by atoms with Crippen LogP contribution in [-0.2, 0) is 0 Å². The molecular weight excluding hydrogens is 290 g/mol. The van der Waals surface area contributed by atoms with E-state index in [0.29, 0.717) is 10.9 Å². The van der Waals surface area contributed by atoms with E-state index in [2.05, 4.69) is 15.0 Å². The predicted octanol–water partition coefficient (Wildman–Crippen LogP) is 1.29. The molecule has 0 saturated carbocycles. The Morgan fingerprint density at radius 1 is 1.05 bits per heavy atom. The zero-order chi connectivity index (χ0) is 15.4. The largest absolute Gasteiger partial charge is 0.467 e. The fourth-order valence-electron chi connectivity index (χ4n) is 1.63. The van der Waals surface area contributed by atoms with Crippen molar-refractivity contribution in [2.24, 2.45) is 5.73 Å². The molecule has 21 heavy (non-hydrogen) atoms. The third-order valence-corrected chi connectivity index (χ3v) is 3.02. The Balaban J connectivity index is 2.34. The number of methoxy groups -OCH3 is 2. The second-order valence-corrected chi connectivity index (χ2v) is 4.52. The second-order valence-electron chi connectivity index (χ2n) is 4.08. The molecule has 8 heteroatoms. The first-order chi connectivity index (χ1) is 10.0. The summed E-state index contributed by atoms with van der Waals surface area (Å²) >= 11 is 4.93. The molecule has 1 aromatic carbocycles. The monoisotopic (exact) mass is 305 g/mol. The summed E-state index contributed by atoms with van der Waals surface area (Å²) < 4.78 is 10.1. The molecule has 0 amide bonds. The minimum Gasteiger partial charge on any atom is -0.467 e. The van der Waals surface area contributed by atoms with E-state index in [0.717, 1.165) is 11.3 Å². The Kier molecular flexibility index (Phi) is 4.49. The fraction of sp³-hybridized carbons (Fsp3) is 0.231. The summed E-state index contributed by atoms with van der Waals surface area (Å²) in [6.07, 6.45) is 0. The molecule has 0 aliphatic rings. The lowest BCUT2D eigenvalue weighted by Gasteiger charge is -2.18. The number of nitrogens with zero attached hydrogens (tertiary/aromatic N) is 4. The quantitative estimate of drug-likeness (QED) is 0.827. The highest BCUT2D eigenvalue weighted by Crippen LogP contribution is 2.23. The van der Waals surface area contributed by atoms with E-state index in [9.17, 15) is 0 Å². The van der Waals surface area contributed by atoms with E-state index in [1.165, 1.54) is 14.2 Å². The Morgan fingerprint density at radius 2 is 1.57 bits per heavy atom. The molecule has 0 saturated heterocycles. The Labute approximate surface area is 127 Å². The van der Waals surface area contributed by atoms with Gasteiger partial charge in [0.15, 0.2) is 0 Å². The van der Waals surface area contributed by atoms with E-state index in [1.54, 1.807) is 4.90 Å². The van der Waals surface area contributed by atoms with Crippen molar-refractivity contribution in [2.75, 3.05) is 26.2 Å². The molecular formula is C13H15N5O2S. The molecule has 110 valence electrons. The lowest BCUT2D eigenvalue weighted by atomic mass is 10.2. The molecule has 1 heterocycles. The van der Waals surface area contributed by atoms with Crippen LogP contribution >= 0.6 is 12.2 Å². The number of ether oxygens (including phenoxy) is 2. The van der Waals surface area contributed by atoms with Crippen molar-refractivity contribution in [3.63, 3.8) is 0 Å². The molecule has 0 bridgehead atoms. The third kappa shape index (κ3) is 3.34. The van der Waals surface area contributed by atoms with Crippen molar-refractivity contribution in [2.45, 2.75) is 0 Å². The van der Waals surface area contributed by atoms with Gasteiger partial charge in [0.2, 0.25) is 5.95 Å². The first-order valence-electron chi connectivity index (χ1n) is 6.02. The topological polar surface area (TPSA) is 86.4 Å². The number of rotatable bonds is 5. The SMILES string of the molecule is COc1nc(OC)nc(N(C)c2ccc(C(N)=S)cc2)n1. The van der Waals surface area contributed by atoms with Crippen molar-refractivity contribution in [1.82, 2.24) is 15.0 Å². The highest BCUT2D eigenvalue weighted by Gasteiger charge is 2.12. The van der Waals surface area contributed by atoms with Gasteiger partial charge in [-0.1, -0.05) is 12.2 Å². The highest BCUT2D eigenvalue weighted by molar-refractivity contribution is 7.80. The van der Waals surface area contributed by atoms with Crippen LogP contribution in [0.2, 0.25) is 0 Å². The second kappa shape index (κ2) is 6.31. The van der Waals surface area contributed by atoms with Gasteiger partial charge in [-0.2, -0.15) is 9.97 Å². The van der Waals surface area contributed by atoms with Gasteiger partial charge in [0.1, 0.15) is 4.99 Å². The van der Waals surface area contributed by atoms with Crippen molar-refractivity contribution >= 4 is 28.8 Å². The molecule has 2 aromatic rings. The summed E-state index contributed by atoms with van der Waals surface area (Å²) in [7, 11) is 4.79. The standard InChI is InChI=1S/C13H15N5O2S/c1-18(9-6-4-8(5-7-9)10(14)21)11-15-12(19-2)17-13(16-11)20-3/h4-7H,1-3H3,(H2,14,21). The molecule has 7 nitrogen and oxygen atoms in total. The van der Waals surface area contributed by atoms with Crippen LogP contribution in [0.3, 0.4) is 0 Å². The fourth-order valence-corrected chi connectivity index (χ4v) is 1.76. The van der Waals surface area contributed by atoms with Gasteiger partial charge in [0, 0.05) is 18.3 Å². The summed E-state index contributed by atoms with van der Waals surface area (Å²) in [5.74, 6) is 0.404. The first kappa shape index (κ1) is 14.9. The molecule has 0 aliphatic heterocycles. The number of nitrogens with two attached hydrogens (primary N) is 1. The summed E-state index contributed by atoms with van der Waals surface area (Å²) in [5.41, 5.74) is 7.24. The normalized spacial score (nSPS) is 10.0. The number of benzene rings is 1. The minimum absolute atomic E-state index is 0.184. The maximum absolute atomic E-state index is 5.58. The van der Waals surface area contributed by atoms with Crippen LogP contribution in [-0.4, -0.2) is 41.2 Å². The van der Waals surface area contributed by atoms with Crippen LogP contribution < -0.4 is 20.1 Å². The summed E-state index contributed by atoms with van der Waals surface area (Å²) in [6, 6.07) is 7.79. The van der Waals surface area contributed by atoms with E-state index in [-0.39, 0.29) is 12.0 Å². The highest BCUT2D eigenvalue weighted by atomic mass is 32.1. The molecule has 0 radical (unpaired) electrons. The summed E-state index contributed by atoms with van der Waals surface area (Å²) in [6.45, 7) is 0. The van der Waals surface area contributed by atoms with Gasteiger partial charge in [-0.15, -0.1) is 4.98 Å². The average Bonchev–Trinajstić information content (AvgIpc) is 2.53. The Morgan fingerprint density at radius 3 is 2.00 bits per heavy atom.